The molecule has 0 aromatic heterocycles. The van der Waals surface area contributed by atoms with Gasteiger partial charge in [0.1, 0.15) is 12.4 Å². The number of ether oxygens (including phenoxy) is 1. The van der Waals surface area contributed by atoms with Gasteiger partial charge in [-0.15, -0.1) is 0 Å². The molecule has 0 spiro atoms. The van der Waals surface area contributed by atoms with Gasteiger partial charge in [-0.3, -0.25) is 0 Å². The predicted octanol–water partition coefficient (Wildman–Crippen LogP) is 4.21. The van der Waals surface area contributed by atoms with E-state index in [1.165, 1.54) is 12.1 Å². The van der Waals surface area contributed by atoms with Gasteiger partial charge in [-0.1, -0.05) is 42.5 Å². The molecule has 6 nitrogen and oxygen atoms in total. The van der Waals surface area contributed by atoms with E-state index in [1.54, 1.807) is 11.0 Å². The van der Waals surface area contributed by atoms with Gasteiger partial charge in [-0.05, 0) is 41.5 Å². The van der Waals surface area contributed by atoms with Gasteiger partial charge in [-0.2, -0.15) is 21.6 Å². The summed E-state index contributed by atoms with van der Waals surface area (Å²) in [4.78, 5) is 14.1. The van der Waals surface area contributed by atoms with Crippen LogP contribution in [0.15, 0.2) is 48.5 Å². The fourth-order valence-electron chi connectivity index (χ4n) is 4.25. The van der Waals surface area contributed by atoms with Crippen molar-refractivity contribution in [2.24, 2.45) is 5.92 Å². The zero-order chi connectivity index (χ0) is 22.2. The van der Waals surface area contributed by atoms with E-state index in [1.807, 2.05) is 30.3 Å². The number of carbonyl (C=O) groups excluding carboxylic acids is 1. The monoisotopic (exact) mass is 455 g/mol. The molecule has 2 aromatic rings. The Hall–Kier alpha value is -2.75. The molecule has 4 rings (SSSR count). The number of rotatable bonds is 4. The number of fused-ring (bicyclic) bond motifs is 3. The van der Waals surface area contributed by atoms with Crippen LogP contribution in [-0.4, -0.2) is 38.0 Å². The fraction of sp³-hybridized carbons (Fsp3) is 0.381. The third-order valence-electron chi connectivity index (χ3n) is 5.72. The van der Waals surface area contributed by atoms with E-state index in [0.717, 1.165) is 5.56 Å². The van der Waals surface area contributed by atoms with Crippen LogP contribution in [0.3, 0.4) is 0 Å². The van der Waals surface area contributed by atoms with Gasteiger partial charge in [-0.25, -0.2) is 4.79 Å². The predicted molar refractivity (Wildman–Crippen MR) is 105 cm³/mol. The maximum Gasteiger partial charge on any atom is 0.534 e. The summed E-state index contributed by atoms with van der Waals surface area (Å²) in [6, 6.07) is 13.7. The maximum absolute atomic E-state index is 12.7. The lowest BCUT2D eigenvalue weighted by Gasteiger charge is -2.28. The smallest absolute Gasteiger partial charge is 0.445 e. The highest BCUT2D eigenvalue weighted by atomic mass is 32.2. The van der Waals surface area contributed by atoms with Crippen molar-refractivity contribution in [3.05, 3.63) is 65.2 Å². The van der Waals surface area contributed by atoms with Crippen LogP contribution in [0.2, 0.25) is 0 Å². The summed E-state index contributed by atoms with van der Waals surface area (Å²) in [7, 11) is -5.75. The van der Waals surface area contributed by atoms with Crippen LogP contribution in [0, 0.1) is 5.92 Å². The number of nitrogens with zero attached hydrogens (tertiary/aromatic N) is 1. The molecule has 1 saturated heterocycles. The Morgan fingerprint density at radius 2 is 1.81 bits per heavy atom. The van der Waals surface area contributed by atoms with E-state index in [2.05, 4.69) is 4.18 Å². The minimum Gasteiger partial charge on any atom is -0.445 e. The Morgan fingerprint density at radius 1 is 1.06 bits per heavy atom. The number of halogens is 3. The molecule has 10 heteroatoms. The van der Waals surface area contributed by atoms with Crippen LogP contribution in [0.1, 0.15) is 29.0 Å². The Balaban J connectivity index is 1.48. The Labute approximate surface area is 177 Å². The number of amides is 1. The molecule has 0 radical (unpaired) electrons. The van der Waals surface area contributed by atoms with Gasteiger partial charge in [0.05, 0.1) is 0 Å². The van der Waals surface area contributed by atoms with Gasteiger partial charge >= 0.3 is 21.7 Å². The summed E-state index contributed by atoms with van der Waals surface area (Å²) < 4.78 is 70.9. The molecule has 0 bridgehead atoms. The summed E-state index contributed by atoms with van der Waals surface area (Å²) >= 11 is 0. The quantitative estimate of drug-likeness (QED) is 0.510. The third kappa shape index (κ3) is 4.34. The van der Waals surface area contributed by atoms with Gasteiger partial charge in [0.15, 0.2) is 0 Å². The SMILES string of the molecule is O=C(OCc1ccccc1)N1C[C@@H]2CCc3c(OS(=O)(=O)C(F)(F)F)cccc3[C@@H]2C1. The van der Waals surface area contributed by atoms with Gasteiger partial charge < -0.3 is 13.8 Å². The van der Waals surface area contributed by atoms with Crippen molar-refractivity contribution < 1.29 is 35.3 Å². The van der Waals surface area contributed by atoms with Crippen LogP contribution in [0.5, 0.6) is 5.75 Å². The molecule has 1 fully saturated rings. The second-order valence-corrected chi connectivity index (χ2v) is 9.20. The maximum atomic E-state index is 12.7. The van der Waals surface area contributed by atoms with Crippen molar-refractivity contribution in [2.75, 3.05) is 13.1 Å². The molecular formula is C21H20F3NO5S. The molecule has 1 heterocycles. The minimum atomic E-state index is -5.75. The van der Waals surface area contributed by atoms with Crippen molar-refractivity contribution >= 4 is 16.2 Å². The standard InChI is InChI=1S/C21H20F3NO5S/c22-21(23,24)31(27,28)30-19-8-4-7-16-17(19)10-9-15-11-25(12-18(15)16)20(26)29-13-14-5-2-1-3-6-14/h1-8,15,18H,9-13H2/t15-,18+/m0/s1. The van der Waals surface area contributed by atoms with Crippen molar-refractivity contribution in [1.29, 1.82) is 0 Å². The zero-order valence-corrected chi connectivity index (χ0v) is 17.2. The first-order valence-electron chi connectivity index (χ1n) is 9.74. The minimum absolute atomic E-state index is 0.117. The highest BCUT2D eigenvalue weighted by Gasteiger charge is 2.49. The second kappa shape index (κ2) is 8.07. The lowest BCUT2D eigenvalue weighted by atomic mass is 9.77. The van der Waals surface area contributed by atoms with E-state index in [0.29, 0.717) is 37.1 Å². The first-order chi connectivity index (χ1) is 14.7. The van der Waals surface area contributed by atoms with Crippen LogP contribution in [0.4, 0.5) is 18.0 Å². The van der Waals surface area contributed by atoms with Crippen LogP contribution < -0.4 is 4.18 Å². The molecule has 0 N–H and O–H groups in total. The van der Waals surface area contributed by atoms with Gasteiger partial charge in [0.25, 0.3) is 0 Å². The summed E-state index contributed by atoms with van der Waals surface area (Å²) in [5, 5.41) is 0. The highest BCUT2D eigenvalue weighted by Crippen LogP contribution is 2.45. The summed E-state index contributed by atoms with van der Waals surface area (Å²) in [5.74, 6) is -0.310. The zero-order valence-electron chi connectivity index (χ0n) is 16.3. The molecular weight excluding hydrogens is 435 g/mol. The summed E-state index contributed by atoms with van der Waals surface area (Å²) in [6.07, 6.45) is 0.520. The number of likely N-dealkylation sites (tertiary alicyclic amines) is 1. The topological polar surface area (TPSA) is 72.9 Å². The highest BCUT2D eigenvalue weighted by molar-refractivity contribution is 7.88. The molecule has 2 aromatic carbocycles. The summed E-state index contributed by atoms with van der Waals surface area (Å²) in [6.45, 7) is 0.972. The lowest BCUT2D eigenvalue weighted by Crippen LogP contribution is -2.29. The summed E-state index contributed by atoms with van der Waals surface area (Å²) in [5.41, 5.74) is -3.48. The average molecular weight is 455 g/mol. The molecule has 0 unspecified atom stereocenters. The number of benzene rings is 2. The number of hydrogen-bond acceptors (Lipinski definition) is 5. The lowest BCUT2D eigenvalue weighted by molar-refractivity contribution is -0.0500. The molecule has 0 saturated carbocycles. The van der Waals surface area contributed by atoms with Gasteiger partial charge in [0.2, 0.25) is 0 Å². The molecule has 2 atom stereocenters. The van der Waals surface area contributed by atoms with E-state index < -0.39 is 21.7 Å². The fourth-order valence-corrected chi connectivity index (χ4v) is 4.73. The average Bonchev–Trinajstić information content (AvgIpc) is 3.17. The normalized spacial score (nSPS) is 20.7. The van der Waals surface area contributed by atoms with Crippen molar-refractivity contribution in [1.82, 2.24) is 4.90 Å². The largest absolute Gasteiger partial charge is 0.534 e. The molecule has 1 aliphatic heterocycles. The van der Waals surface area contributed by atoms with Crippen LogP contribution in [0.25, 0.3) is 0 Å². The molecule has 2 aliphatic rings. The van der Waals surface area contributed by atoms with E-state index in [4.69, 9.17) is 4.74 Å². The Kier molecular flexibility index (Phi) is 5.59. The van der Waals surface area contributed by atoms with Crippen LogP contribution in [-0.2, 0) is 27.9 Å². The Morgan fingerprint density at radius 3 is 2.52 bits per heavy atom. The van der Waals surface area contributed by atoms with E-state index >= 15 is 0 Å². The molecule has 1 amide bonds. The van der Waals surface area contributed by atoms with Crippen molar-refractivity contribution in [2.45, 2.75) is 30.9 Å². The first-order valence-corrected chi connectivity index (χ1v) is 11.1. The Bertz CT molecular complexity index is 1070. The number of alkyl halides is 3. The molecule has 166 valence electrons. The van der Waals surface area contributed by atoms with E-state index in [9.17, 15) is 26.4 Å². The molecule has 1 aliphatic carbocycles. The number of hydrogen-bond donors (Lipinski definition) is 0. The second-order valence-electron chi connectivity index (χ2n) is 7.66. The number of carbonyl (C=O) groups is 1. The van der Waals surface area contributed by atoms with E-state index in [-0.39, 0.29) is 24.2 Å². The molecule has 31 heavy (non-hydrogen) atoms. The first kappa shape index (κ1) is 21.5. The van der Waals surface area contributed by atoms with Crippen LogP contribution >= 0.6 is 0 Å². The third-order valence-corrected chi connectivity index (χ3v) is 6.69. The van der Waals surface area contributed by atoms with Crippen molar-refractivity contribution in [3.63, 3.8) is 0 Å². The van der Waals surface area contributed by atoms with Crippen molar-refractivity contribution in [3.8, 4) is 5.75 Å². The van der Waals surface area contributed by atoms with Gasteiger partial charge in [0, 0.05) is 19.0 Å².